The molecule has 2 heterocycles. The van der Waals surface area contributed by atoms with Crippen molar-refractivity contribution in [3.63, 3.8) is 0 Å². The molecule has 3 aromatic rings. The summed E-state index contributed by atoms with van der Waals surface area (Å²) >= 11 is 6.25. The van der Waals surface area contributed by atoms with E-state index in [1.54, 1.807) is 17.8 Å². The summed E-state index contributed by atoms with van der Waals surface area (Å²) in [5.74, 6) is -0.232. The van der Waals surface area contributed by atoms with Crippen LogP contribution in [0.3, 0.4) is 0 Å². The molecule has 1 amide bonds. The zero-order chi connectivity index (χ0) is 14.1. The summed E-state index contributed by atoms with van der Waals surface area (Å²) in [4.78, 5) is 14.0. The maximum atomic E-state index is 12.5. The van der Waals surface area contributed by atoms with Crippen molar-refractivity contribution < 1.29 is 4.79 Å². The maximum absolute atomic E-state index is 12.5. The fourth-order valence-corrected chi connectivity index (χ4v) is 2.30. The number of carbonyl (C=O) groups excluding carboxylic acids is 1. The lowest BCUT2D eigenvalue weighted by Crippen LogP contribution is -2.26. The molecule has 0 atom stereocenters. The van der Waals surface area contributed by atoms with Crippen LogP contribution in [0.2, 0.25) is 5.02 Å². The first kappa shape index (κ1) is 12.7. The molecule has 0 aliphatic carbocycles. The Morgan fingerprint density at radius 1 is 1.15 bits per heavy atom. The molecule has 0 aliphatic rings. The number of fused-ring (bicyclic) bond motifs is 1. The van der Waals surface area contributed by atoms with Gasteiger partial charge in [0.25, 0.3) is 5.91 Å². The van der Waals surface area contributed by atoms with Crippen LogP contribution in [-0.4, -0.2) is 22.6 Å². The largest absolute Gasteiger partial charge is 0.310 e. The molecule has 0 saturated heterocycles. The molecule has 0 N–H and O–H groups in total. The number of benzene rings is 1. The van der Waals surface area contributed by atoms with E-state index in [4.69, 9.17) is 11.6 Å². The number of carbonyl (C=O) groups is 1. The van der Waals surface area contributed by atoms with Crippen molar-refractivity contribution in [2.24, 2.45) is 0 Å². The Hall–Kier alpha value is -2.33. The van der Waals surface area contributed by atoms with Crippen LogP contribution < -0.4 is 4.90 Å². The summed E-state index contributed by atoms with van der Waals surface area (Å²) in [6.07, 6.45) is 1.76. The third-order valence-corrected chi connectivity index (χ3v) is 3.50. The predicted octanol–water partition coefficient (Wildman–Crippen LogP) is 3.26. The summed E-state index contributed by atoms with van der Waals surface area (Å²) in [7, 11) is 1.71. The number of nitrogens with zero attached hydrogens (tertiary/aromatic N) is 3. The second-order valence-electron chi connectivity index (χ2n) is 4.39. The number of aromatic nitrogens is 2. The molecule has 0 spiro atoms. The zero-order valence-electron chi connectivity index (χ0n) is 10.8. The van der Waals surface area contributed by atoms with E-state index in [1.807, 2.05) is 48.5 Å². The third kappa shape index (κ3) is 2.04. The van der Waals surface area contributed by atoms with Crippen LogP contribution in [0.25, 0.3) is 5.52 Å². The Morgan fingerprint density at radius 2 is 1.85 bits per heavy atom. The van der Waals surface area contributed by atoms with E-state index in [-0.39, 0.29) is 11.6 Å². The van der Waals surface area contributed by atoms with Gasteiger partial charge in [-0.15, -0.1) is 0 Å². The van der Waals surface area contributed by atoms with Crippen molar-refractivity contribution in [2.75, 3.05) is 11.9 Å². The minimum atomic E-state index is -0.232. The molecular formula is C15H12ClN3O. The molecule has 0 saturated carbocycles. The minimum absolute atomic E-state index is 0.232. The van der Waals surface area contributed by atoms with Crippen molar-refractivity contribution in [1.82, 2.24) is 9.61 Å². The van der Waals surface area contributed by atoms with Gasteiger partial charge in [0.2, 0.25) is 0 Å². The Labute approximate surface area is 121 Å². The standard InChI is InChI=1S/C15H12ClN3O/c1-18(11-7-3-2-4-8-11)15(20)14-13(16)12-9-5-6-10-19(12)17-14/h2-10H,1H3. The molecular weight excluding hydrogens is 274 g/mol. The number of amides is 1. The quantitative estimate of drug-likeness (QED) is 0.725. The van der Waals surface area contributed by atoms with Crippen LogP contribution in [0, 0.1) is 0 Å². The molecule has 0 unspecified atom stereocenters. The van der Waals surface area contributed by atoms with Crippen molar-refractivity contribution in [3.8, 4) is 0 Å². The molecule has 0 aliphatic heterocycles. The average Bonchev–Trinajstić information content (AvgIpc) is 2.84. The fraction of sp³-hybridized carbons (Fsp3) is 0.0667. The molecule has 1 aromatic carbocycles. The number of rotatable bonds is 2. The van der Waals surface area contributed by atoms with E-state index in [9.17, 15) is 4.79 Å². The van der Waals surface area contributed by atoms with Crippen LogP contribution in [0.4, 0.5) is 5.69 Å². The first-order valence-electron chi connectivity index (χ1n) is 6.14. The molecule has 0 fully saturated rings. The Balaban J connectivity index is 2.03. The Bertz CT molecular complexity index is 767. The number of anilines is 1. The molecule has 20 heavy (non-hydrogen) atoms. The Morgan fingerprint density at radius 3 is 2.55 bits per heavy atom. The van der Waals surface area contributed by atoms with E-state index in [2.05, 4.69) is 5.10 Å². The number of para-hydroxylation sites is 1. The predicted molar refractivity (Wildman–Crippen MR) is 79.4 cm³/mol. The van der Waals surface area contributed by atoms with Crippen molar-refractivity contribution in [3.05, 3.63) is 65.4 Å². The lowest BCUT2D eigenvalue weighted by atomic mass is 10.2. The summed E-state index contributed by atoms with van der Waals surface area (Å²) in [6, 6.07) is 14.9. The van der Waals surface area contributed by atoms with E-state index in [0.717, 1.165) is 11.2 Å². The highest BCUT2D eigenvalue weighted by Crippen LogP contribution is 2.24. The number of hydrogen-bond donors (Lipinski definition) is 0. The van der Waals surface area contributed by atoms with Crippen molar-refractivity contribution in [1.29, 1.82) is 0 Å². The van der Waals surface area contributed by atoms with Crippen LogP contribution >= 0.6 is 11.6 Å². The summed E-state index contributed by atoms with van der Waals surface area (Å²) in [5.41, 5.74) is 1.77. The summed E-state index contributed by atoms with van der Waals surface area (Å²) in [5, 5.41) is 4.63. The highest BCUT2D eigenvalue weighted by Gasteiger charge is 2.21. The summed E-state index contributed by atoms with van der Waals surface area (Å²) < 4.78 is 1.61. The highest BCUT2D eigenvalue weighted by molar-refractivity contribution is 6.37. The summed E-state index contributed by atoms with van der Waals surface area (Å²) in [6.45, 7) is 0. The normalized spacial score (nSPS) is 10.7. The highest BCUT2D eigenvalue weighted by atomic mass is 35.5. The third-order valence-electron chi connectivity index (χ3n) is 3.13. The number of pyridine rings is 1. The molecule has 3 rings (SSSR count). The first-order valence-corrected chi connectivity index (χ1v) is 6.52. The molecule has 2 aromatic heterocycles. The van der Waals surface area contributed by atoms with Gasteiger partial charge in [-0.2, -0.15) is 5.10 Å². The topological polar surface area (TPSA) is 37.6 Å². The number of hydrogen-bond acceptors (Lipinski definition) is 2. The van der Waals surface area contributed by atoms with Gasteiger partial charge in [-0.25, -0.2) is 4.52 Å². The SMILES string of the molecule is CN(C(=O)c1nn2ccccc2c1Cl)c1ccccc1. The van der Waals surface area contributed by atoms with E-state index >= 15 is 0 Å². The van der Waals surface area contributed by atoms with Crippen LogP contribution in [0.15, 0.2) is 54.7 Å². The van der Waals surface area contributed by atoms with E-state index in [1.165, 1.54) is 4.90 Å². The Kier molecular flexibility index (Phi) is 3.16. The van der Waals surface area contributed by atoms with Gasteiger partial charge in [0, 0.05) is 18.9 Å². The van der Waals surface area contributed by atoms with Gasteiger partial charge in [0.15, 0.2) is 5.69 Å². The first-order chi connectivity index (χ1) is 9.68. The molecule has 0 radical (unpaired) electrons. The van der Waals surface area contributed by atoms with E-state index in [0.29, 0.717) is 5.02 Å². The lowest BCUT2D eigenvalue weighted by Gasteiger charge is -2.15. The van der Waals surface area contributed by atoms with Gasteiger partial charge in [-0.1, -0.05) is 35.9 Å². The molecule has 4 nitrogen and oxygen atoms in total. The lowest BCUT2D eigenvalue weighted by molar-refractivity contribution is 0.0988. The second kappa shape index (κ2) is 4.98. The monoisotopic (exact) mass is 285 g/mol. The fourth-order valence-electron chi connectivity index (χ4n) is 2.03. The van der Waals surface area contributed by atoms with Gasteiger partial charge >= 0.3 is 0 Å². The molecule has 0 bridgehead atoms. The van der Waals surface area contributed by atoms with Gasteiger partial charge in [0.05, 0.1) is 10.5 Å². The molecule has 5 heteroatoms. The van der Waals surface area contributed by atoms with Crippen LogP contribution in [0.1, 0.15) is 10.5 Å². The van der Waals surface area contributed by atoms with Crippen LogP contribution in [-0.2, 0) is 0 Å². The average molecular weight is 286 g/mol. The van der Waals surface area contributed by atoms with Gasteiger partial charge in [0.1, 0.15) is 0 Å². The second-order valence-corrected chi connectivity index (χ2v) is 4.77. The van der Waals surface area contributed by atoms with Crippen molar-refractivity contribution in [2.45, 2.75) is 0 Å². The van der Waals surface area contributed by atoms with Crippen LogP contribution in [0.5, 0.6) is 0 Å². The maximum Gasteiger partial charge on any atom is 0.280 e. The van der Waals surface area contributed by atoms with Crippen molar-refractivity contribution >= 4 is 28.7 Å². The minimum Gasteiger partial charge on any atom is -0.310 e. The smallest absolute Gasteiger partial charge is 0.280 e. The molecule has 100 valence electrons. The zero-order valence-corrected chi connectivity index (χ0v) is 11.6. The van der Waals surface area contributed by atoms with E-state index < -0.39 is 0 Å². The van der Waals surface area contributed by atoms with Gasteiger partial charge < -0.3 is 4.90 Å². The number of halogens is 1. The van der Waals surface area contributed by atoms with Gasteiger partial charge in [-0.05, 0) is 24.3 Å². The van der Waals surface area contributed by atoms with Gasteiger partial charge in [-0.3, -0.25) is 4.79 Å².